The Morgan fingerprint density at radius 3 is 2.05 bits per heavy atom. The smallest absolute Gasteiger partial charge is 0.414 e. The minimum absolute atomic E-state index is 0.260. The molecule has 0 aliphatic rings. The van der Waals surface area contributed by atoms with E-state index in [0.29, 0.717) is 0 Å². The maximum absolute atomic E-state index is 12.3. The van der Waals surface area contributed by atoms with Crippen molar-refractivity contribution in [2.75, 3.05) is 0 Å². The maximum Gasteiger partial charge on any atom is 0.414 e. The number of amides is 1. The average molecular weight is 285 g/mol. The lowest BCUT2D eigenvalue weighted by Gasteiger charge is -2.27. The quantitative estimate of drug-likeness (QED) is 0.835. The Bertz CT molecular complexity index is 298. The molecule has 2 atom stereocenters. The zero-order chi connectivity index (χ0) is 15.4. The molecule has 0 heterocycles. The molecule has 0 aromatic heterocycles. The second-order valence-electron chi connectivity index (χ2n) is 5.79. The van der Waals surface area contributed by atoms with Gasteiger partial charge < -0.3 is 15.2 Å². The zero-order valence-corrected chi connectivity index (χ0v) is 11.8. The van der Waals surface area contributed by atoms with Gasteiger partial charge in [0.1, 0.15) is 5.60 Å². The van der Waals surface area contributed by atoms with Crippen molar-refractivity contribution in [2.24, 2.45) is 5.92 Å². The van der Waals surface area contributed by atoms with Gasteiger partial charge in [-0.2, -0.15) is 13.2 Å². The van der Waals surface area contributed by atoms with E-state index in [9.17, 15) is 18.0 Å². The number of carbonyl (C=O) groups excluding carboxylic acids is 1. The Morgan fingerprint density at radius 2 is 1.74 bits per heavy atom. The Kier molecular flexibility index (Phi) is 6.12. The van der Waals surface area contributed by atoms with Gasteiger partial charge in [-0.1, -0.05) is 13.8 Å². The van der Waals surface area contributed by atoms with E-state index >= 15 is 0 Å². The summed E-state index contributed by atoms with van der Waals surface area (Å²) in [6.07, 6.45) is -8.54. The van der Waals surface area contributed by atoms with Gasteiger partial charge in [-0.25, -0.2) is 4.79 Å². The number of halogens is 3. The van der Waals surface area contributed by atoms with Crippen LogP contribution in [0.3, 0.4) is 0 Å². The van der Waals surface area contributed by atoms with Gasteiger partial charge in [0.2, 0.25) is 0 Å². The molecule has 2 unspecified atom stereocenters. The first kappa shape index (κ1) is 18.0. The summed E-state index contributed by atoms with van der Waals surface area (Å²) < 4.78 is 41.8. The molecule has 0 bridgehead atoms. The van der Waals surface area contributed by atoms with Gasteiger partial charge in [0.25, 0.3) is 0 Å². The first-order valence-corrected chi connectivity index (χ1v) is 6.07. The molecule has 0 aromatic carbocycles. The highest BCUT2D eigenvalue weighted by atomic mass is 19.4. The molecular formula is C12H22F3NO3. The van der Waals surface area contributed by atoms with Crippen LogP contribution in [0.5, 0.6) is 0 Å². The summed E-state index contributed by atoms with van der Waals surface area (Å²) in [7, 11) is 0. The van der Waals surface area contributed by atoms with Crippen LogP contribution in [0.15, 0.2) is 0 Å². The van der Waals surface area contributed by atoms with Crippen LogP contribution >= 0.6 is 0 Å². The molecule has 0 saturated carbocycles. The molecule has 4 nitrogen and oxygen atoms in total. The van der Waals surface area contributed by atoms with E-state index in [1.54, 1.807) is 34.6 Å². The molecule has 0 spiro atoms. The van der Waals surface area contributed by atoms with Gasteiger partial charge in [0, 0.05) is 12.5 Å². The predicted octanol–water partition coefficient (Wildman–Crippen LogP) is 2.85. The monoisotopic (exact) mass is 285 g/mol. The molecular weight excluding hydrogens is 263 g/mol. The number of hydrogen-bond donors (Lipinski definition) is 2. The van der Waals surface area contributed by atoms with E-state index in [1.165, 1.54) is 0 Å². The van der Waals surface area contributed by atoms with Crippen LogP contribution in [0.25, 0.3) is 0 Å². The predicted molar refractivity (Wildman–Crippen MR) is 64.7 cm³/mol. The van der Waals surface area contributed by atoms with Crippen molar-refractivity contribution >= 4 is 6.09 Å². The Morgan fingerprint density at radius 1 is 1.26 bits per heavy atom. The summed E-state index contributed by atoms with van der Waals surface area (Å²) in [6.45, 7) is 8.28. The zero-order valence-electron chi connectivity index (χ0n) is 11.8. The lowest BCUT2D eigenvalue weighted by molar-refractivity contribution is -0.207. The van der Waals surface area contributed by atoms with Gasteiger partial charge in [-0.05, 0) is 26.7 Å². The summed E-state index contributed by atoms with van der Waals surface area (Å²) in [5.41, 5.74) is -0.728. The van der Waals surface area contributed by atoms with Crippen molar-refractivity contribution in [1.29, 1.82) is 0 Å². The molecule has 0 saturated heterocycles. The van der Waals surface area contributed by atoms with E-state index in [1.807, 2.05) is 0 Å². The third-order valence-corrected chi connectivity index (χ3v) is 2.36. The summed E-state index contributed by atoms with van der Waals surface area (Å²) in [4.78, 5) is 11.5. The molecule has 0 aromatic rings. The van der Waals surface area contributed by atoms with Gasteiger partial charge in [-0.15, -0.1) is 0 Å². The number of rotatable bonds is 4. The number of alkyl carbamates (subject to hydrolysis) is 1. The van der Waals surface area contributed by atoms with Crippen molar-refractivity contribution < 1.29 is 27.8 Å². The number of ether oxygens (including phenoxy) is 1. The minimum atomic E-state index is -4.69. The van der Waals surface area contributed by atoms with Crippen molar-refractivity contribution in [3.63, 3.8) is 0 Å². The van der Waals surface area contributed by atoms with Crippen LogP contribution in [0.1, 0.15) is 41.0 Å². The van der Waals surface area contributed by atoms with E-state index in [-0.39, 0.29) is 5.92 Å². The van der Waals surface area contributed by atoms with Gasteiger partial charge in [0.05, 0.1) is 0 Å². The van der Waals surface area contributed by atoms with Crippen LogP contribution in [0.4, 0.5) is 18.0 Å². The molecule has 1 amide bonds. The van der Waals surface area contributed by atoms with E-state index in [2.05, 4.69) is 5.32 Å². The lowest BCUT2D eigenvalue weighted by Crippen LogP contribution is -2.45. The maximum atomic E-state index is 12.3. The molecule has 114 valence electrons. The number of hydrogen-bond acceptors (Lipinski definition) is 3. The first-order chi connectivity index (χ1) is 8.33. The molecule has 7 heteroatoms. The minimum Gasteiger partial charge on any atom is -0.444 e. The second-order valence-corrected chi connectivity index (χ2v) is 5.79. The van der Waals surface area contributed by atoms with Gasteiger partial charge in [0.15, 0.2) is 6.10 Å². The summed E-state index contributed by atoms with van der Waals surface area (Å²) in [6, 6.07) is -0.813. The normalized spacial score (nSPS) is 16.1. The fourth-order valence-electron chi connectivity index (χ4n) is 1.33. The second kappa shape index (κ2) is 6.45. The molecule has 0 radical (unpaired) electrons. The van der Waals surface area contributed by atoms with Gasteiger partial charge in [-0.3, -0.25) is 0 Å². The molecule has 19 heavy (non-hydrogen) atoms. The molecule has 0 aliphatic carbocycles. The van der Waals surface area contributed by atoms with Crippen molar-refractivity contribution in [3.05, 3.63) is 0 Å². The van der Waals surface area contributed by atoms with E-state index in [4.69, 9.17) is 9.84 Å². The number of carbonyl (C=O) groups is 1. The number of aliphatic hydroxyl groups excluding tert-OH is 1. The molecule has 0 aliphatic heterocycles. The van der Waals surface area contributed by atoms with Crippen molar-refractivity contribution in [3.8, 4) is 0 Å². The van der Waals surface area contributed by atoms with Crippen LogP contribution in [-0.4, -0.2) is 35.1 Å². The highest BCUT2D eigenvalue weighted by molar-refractivity contribution is 5.68. The highest BCUT2D eigenvalue weighted by Gasteiger charge is 2.40. The number of alkyl halides is 3. The van der Waals surface area contributed by atoms with E-state index < -0.39 is 36.4 Å². The first-order valence-electron chi connectivity index (χ1n) is 6.07. The van der Waals surface area contributed by atoms with Crippen molar-refractivity contribution in [2.45, 2.75) is 65.0 Å². The summed E-state index contributed by atoms with van der Waals surface area (Å²) in [5.74, 6) is -0.260. The molecule has 0 fully saturated rings. The Hall–Kier alpha value is -0.980. The standard InChI is InChI=1S/C12H22F3NO3/c1-7(2)8(6-9(17)12(13,14)15)16-10(18)19-11(3,4)5/h7-9,17H,6H2,1-5H3,(H,16,18). The lowest BCUT2D eigenvalue weighted by atomic mass is 9.98. The van der Waals surface area contributed by atoms with Crippen molar-refractivity contribution in [1.82, 2.24) is 5.32 Å². The Balaban J connectivity index is 4.56. The van der Waals surface area contributed by atoms with E-state index in [0.717, 1.165) is 0 Å². The summed E-state index contributed by atoms with van der Waals surface area (Å²) in [5, 5.41) is 11.4. The van der Waals surface area contributed by atoms with Crippen LogP contribution in [0.2, 0.25) is 0 Å². The largest absolute Gasteiger partial charge is 0.444 e. The third kappa shape index (κ3) is 7.92. The van der Waals surface area contributed by atoms with Gasteiger partial charge >= 0.3 is 12.3 Å². The number of aliphatic hydroxyl groups is 1. The Labute approximate surface area is 111 Å². The third-order valence-electron chi connectivity index (χ3n) is 2.36. The number of nitrogens with one attached hydrogen (secondary N) is 1. The summed E-state index contributed by atoms with van der Waals surface area (Å²) >= 11 is 0. The van der Waals surface area contributed by atoms with Crippen LogP contribution in [0, 0.1) is 5.92 Å². The molecule has 2 N–H and O–H groups in total. The topological polar surface area (TPSA) is 58.6 Å². The average Bonchev–Trinajstić information content (AvgIpc) is 2.11. The van der Waals surface area contributed by atoms with Crippen LogP contribution < -0.4 is 5.32 Å². The SMILES string of the molecule is CC(C)C(CC(O)C(F)(F)F)NC(=O)OC(C)(C)C. The fraction of sp³-hybridized carbons (Fsp3) is 0.917. The highest BCUT2D eigenvalue weighted by Crippen LogP contribution is 2.25. The van der Waals surface area contributed by atoms with Crippen LogP contribution in [-0.2, 0) is 4.74 Å². The molecule has 0 rings (SSSR count). The fourth-order valence-corrected chi connectivity index (χ4v) is 1.33.